The number of alkyl halides is 2. The second-order valence-electron chi connectivity index (χ2n) is 7.86. The molecule has 0 saturated heterocycles. The first-order valence-electron chi connectivity index (χ1n) is 9.52. The summed E-state index contributed by atoms with van der Waals surface area (Å²) in [6.07, 6.45) is 11.7. The van der Waals surface area contributed by atoms with Crippen LogP contribution in [0, 0.1) is 17.3 Å². The molecule has 1 atom stereocenters. The van der Waals surface area contributed by atoms with Crippen LogP contribution in [0.2, 0.25) is 0 Å². The molecule has 0 bridgehead atoms. The van der Waals surface area contributed by atoms with E-state index in [9.17, 15) is 13.6 Å². The predicted molar refractivity (Wildman–Crippen MR) is 99.8 cm³/mol. The molecule has 0 heterocycles. The maximum Gasteiger partial charge on any atom is 0.387 e. The van der Waals surface area contributed by atoms with E-state index < -0.39 is 12.0 Å². The molecule has 0 radical (unpaired) electrons. The molecule has 146 valence electrons. The fraction of sp³-hybridized carbons (Fsp3) is 0.500. The molecule has 1 fully saturated rings. The third-order valence-electron chi connectivity index (χ3n) is 5.62. The predicted octanol–water partition coefficient (Wildman–Crippen LogP) is 5.91. The lowest BCUT2D eigenvalue weighted by Crippen LogP contribution is -2.31. The number of hydrogen-bond acceptors (Lipinski definition) is 3. The summed E-state index contributed by atoms with van der Waals surface area (Å²) < 4.78 is 34.1. The van der Waals surface area contributed by atoms with Crippen molar-refractivity contribution in [3.05, 3.63) is 48.1 Å². The Morgan fingerprint density at radius 3 is 2.30 bits per heavy atom. The summed E-state index contributed by atoms with van der Waals surface area (Å²) >= 11 is 0. The zero-order valence-corrected chi connectivity index (χ0v) is 15.8. The van der Waals surface area contributed by atoms with Crippen molar-refractivity contribution in [1.29, 1.82) is 0 Å². The fourth-order valence-corrected chi connectivity index (χ4v) is 3.71. The van der Waals surface area contributed by atoms with Gasteiger partial charge in [0.15, 0.2) is 0 Å². The minimum atomic E-state index is -2.88. The number of benzene rings is 1. The second-order valence-corrected chi connectivity index (χ2v) is 7.86. The molecule has 2 aliphatic rings. The minimum absolute atomic E-state index is 0.0305. The second kappa shape index (κ2) is 8.24. The third kappa shape index (κ3) is 4.96. The van der Waals surface area contributed by atoms with Crippen molar-refractivity contribution in [2.45, 2.75) is 52.6 Å². The van der Waals surface area contributed by atoms with Crippen LogP contribution in [0.1, 0.15) is 46.0 Å². The molecule has 0 N–H and O–H groups in total. The Balaban J connectivity index is 1.58. The highest BCUT2D eigenvalue weighted by molar-refractivity contribution is 5.81. The molecule has 1 aromatic rings. The Bertz CT molecular complexity index is 716. The van der Waals surface area contributed by atoms with E-state index in [1.165, 1.54) is 55.5 Å². The number of halogens is 2. The highest BCUT2D eigenvalue weighted by atomic mass is 19.3. The Morgan fingerprint density at radius 2 is 1.74 bits per heavy atom. The van der Waals surface area contributed by atoms with Gasteiger partial charge in [-0.2, -0.15) is 8.78 Å². The van der Waals surface area contributed by atoms with Crippen LogP contribution in [0.15, 0.2) is 48.1 Å². The molecule has 0 amide bonds. The molecule has 27 heavy (non-hydrogen) atoms. The summed E-state index contributed by atoms with van der Waals surface area (Å²) in [5, 5.41) is 0. The first kappa shape index (κ1) is 19.6. The van der Waals surface area contributed by atoms with Crippen LogP contribution < -0.4 is 9.47 Å². The average molecular weight is 376 g/mol. The van der Waals surface area contributed by atoms with Crippen molar-refractivity contribution in [3.63, 3.8) is 0 Å². The smallest absolute Gasteiger partial charge is 0.387 e. The fourth-order valence-electron chi connectivity index (χ4n) is 3.71. The summed E-state index contributed by atoms with van der Waals surface area (Å²) in [6.45, 7) is 1.29. The van der Waals surface area contributed by atoms with Crippen molar-refractivity contribution < 1.29 is 23.0 Å². The molecule has 1 saturated carbocycles. The normalized spacial score (nSPS) is 28.0. The van der Waals surface area contributed by atoms with Gasteiger partial charge in [-0.15, -0.1) is 0 Å². The zero-order chi connectivity index (χ0) is 19.4. The summed E-state index contributed by atoms with van der Waals surface area (Å²) in [7, 11) is 0. The molecular weight excluding hydrogens is 350 g/mol. The highest BCUT2D eigenvalue weighted by Crippen LogP contribution is 2.39. The Hall–Kier alpha value is -2.17. The van der Waals surface area contributed by atoms with Gasteiger partial charge in [0, 0.05) is 0 Å². The Labute approximate surface area is 159 Å². The van der Waals surface area contributed by atoms with Gasteiger partial charge in [-0.3, -0.25) is 4.79 Å². The first-order chi connectivity index (χ1) is 12.9. The van der Waals surface area contributed by atoms with Crippen LogP contribution in [-0.4, -0.2) is 12.6 Å². The van der Waals surface area contributed by atoms with Crippen molar-refractivity contribution in [2.24, 2.45) is 17.3 Å². The number of hydrogen-bond donors (Lipinski definition) is 0. The van der Waals surface area contributed by atoms with Gasteiger partial charge in [-0.25, -0.2) is 0 Å². The molecule has 3 nitrogen and oxygen atoms in total. The van der Waals surface area contributed by atoms with Crippen LogP contribution in [0.25, 0.3) is 0 Å². The van der Waals surface area contributed by atoms with Crippen LogP contribution in [0.4, 0.5) is 8.78 Å². The minimum Gasteiger partial charge on any atom is -0.435 e. The van der Waals surface area contributed by atoms with Gasteiger partial charge in [0.05, 0.1) is 5.41 Å². The molecule has 1 unspecified atom stereocenters. The molecular formula is C22H26F2O3. The van der Waals surface area contributed by atoms with Crippen LogP contribution >= 0.6 is 0 Å². The quantitative estimate of drug-likeness (QED) is 0.473. The van der Waals surface area contributed by atoms with E-state index >= 15 is 0 Å². The number of allylic oxidation sites excluding steroid dienone is 3. The molecule has 2 aliphatic carbocycles. The number of rotatable bonds is 5. The van der Waals surface area contributed by atoms with E-state index in [-0.39, 0.29) is 11.7 Å². The molecule has 1 aromatic carbocycles. The summed E-state index contributed by atoms with van der Waals surface area (Å²) in [6, 6.07) is 5.62. The van der Waals surface area contributed by atoms with Crippen LogP contribution in [-0.2, 0) is 4.79 Å². The van der Waals surface area contributed by atoms with E-state index in [0.29, 0.717) is 18.1 Å². The summed E-state index contributed by atoms with van der Waals surface area (Å²) in [4.78, 5) is 12.6. The van der Waals surface area contributed by atoms with Gasteiger partial charge in [-0.1, -0.05) is 38.0 Å². The van der Waals surface area contributed by atoms with Crippen molar-refractivity contribution in [3.8, 4) is 11.5 Å². The first-order valence-corrected chi connectivity index (χ1v) is 9.52. The van der Waals surface area contributed by atoms with Crippen molar-refractivity contribution in [2.75, 3.05) is 0 Å². The van der Waals surface area contributed by atoms with Crippen molar-refractivity contribution in [1.82, 2.24) is 0 Å². The van der Waals surface area contributed by atoms with Crippen LogP contribution in [0.3, 0.4) is 0 Å². The van der Waals surface area contributed by atoms with Gasteiger partial charge in [-0.05, 0) is 67.9 Å². The molecule has 3 rings (SSSR count). The monoisotopic (exact) mass is 376 g/mol. The maximum absolute atomic E-state index is 12.6. The lowest BCUT2D eigenvalue weighted by Gasteiger charge is -2.31. The van der Waals surface area contributed by atoms with Crippen LogP contribution in [0.5, 0.6) is 11.5 Å². The lowest BCUT2D eigenvalue weighted by molar-refractivity contribution is -0.142. The standard InChI is InChI=1S/C22H26F2O3/c1-15-3-5-16(6-4-15)17-11-13-22(2,14-12-17)20(25)26-18-7-9-19(10-8-18)27-21(23)24/h7-13,15-16,21H,3-6,14H2,1-2H3. The average Bonchev–Trinajstić information content (AvgIpc) is 2.64. The third-order valence-corrected chi connectivity index (χ3v) is 5.62. The van der Waals surface area contributed by atoms with Crippen molar-refractivity contribution >= 4 is 5.97 Å². The SMILES string of the molecule is CC1CCC(C2=CCC(C)(C(=O)Oc3ccc(OC(F)F)cc3)C=C2)CC1. The summed E-state index contributed by atoms with van der Waals surface area (Å²) in [5.74, 6) is 1.40. The van der Waals surface area contributed by atoms with E-state index in [4.69, 9.17) is 4.74 Å². The highest BCUT2D eigenvalue weighted by Gasteiger charge is 2.34. The van der Waals surface area contributed by atoms with Gasteiger partial charge in [0.1, 0.15) is 11.5 Å². The molecule has 5 heteroatoms. The van der Waals surface area contributed by atoms with E-state index in [2.05, 4.69) is 23.8 Å². The van der Waals surface area contributed by atoms with E-state index in [1.54, 1.807) is 0 Å². The number of ether oxygens (including phenoxy) is 2. The molecule has 0 aromatic heterocycles. The molecule has 0 aliphatic heterocycles. The Kier molecular flexibility index (Phi) is 5.98. The zero-order valence-electron chi connectivity index (χ0n) is 15.8. The Morgan fingerprint density at radius 1 is 1.11 bits per heavy atom. The lowest BCUT2D eigenvalue weighted by atomic mass is 9.74. The van der Waals surface area contributed by atoms with Gasteiger partial charge >= 0.3 is 12.6 Å². The van der Waals surface area contributed by atoms with Gasteiger partial charge < -0.3 is 9.47 Å². The van der Waals surface area contributed by atoms with E-state index in [0.717, 1.165) is 5.92 Å². The maximum atomic E-state index is 12.6. The number of carbonyl (C=O) groups excluding carboxylic acids is 1. The largest absolute Gasteiger partial charge is 0.435 e. The topological polar surface area (TPSA) is 35.5 Å². The van der Waals surface area contributed by atoms with Gasteiger partial charge in [0.2, 0.25) is 0 Å². The number of esters is 1. The number of carbonyl (C=O) groups is 1. The van der Waals surface area contributed by atoms with Gasteiger partial charge in [0.25, 0.3) is 0 Å². The van der Waals surface area contributed by atoms with E-state index in [1.807, 2.05) is 13.0 Å². The summed E-state index contributed by atoms with van der Waals surface area (Å²) in [5.41, 5.74) is 0.615. The molecule has 0 spiro atoms.